The molecule has 2 atom stereocenters. The Kier molecular flexibility index (Phi) is 5.24. The molecule has 4 heteroatoms. The van der Waals surface area contributed by atoms with E-state index in [1.165, 1.54) is 16.7 Å². The molecule has 4 nitrogen and oxygen atoms in total. The molecule has 1 aliphatic rings. The van der Waals surface area contributed by atoms with Crippen molar-refractivity contribution < 1.29 is 15.0 Å². The number of aliphatic carboxylic acids is 1. The molecular formula is C18H27NO3. The van der Waals surface area contributed by atoms with Crippen LogP contribution in [-0.4, -0.2) is 40.3 Å². The van der Waals surface area contributed by atoms with Crippen LogP contribution in [0, 0.1) is 19.3 Å². The summed E-state index contributed by atoms with van der Waals surface area (Å²) in [5.74, 6) is -0.868. The van der Waals surface area contributed by atoms with Gasteiger partial charge in [0, 0.05) is 19.6 Å². The zero-order valence-electron chi connectivity index (χ0n) is 13.8. The Hall–Kier alpha value is -1.39. The predicted molar refractivity (Wildman–Crippen MR) is 86.8 cm³/mol. The van der Waals surface area contributed by atoms with Crippen LogP contribution in [0.25, 0.3) is 0 Å². The van der Waals surface area contributed by atoms with Crippen molar-refractivity contribution in [3.05, 3.63) is 34.9 Å². The first-order valence-electron chi connectivity index (χ1n) is 8.09. The van der Waals surface area contributed by atoms with Gasteiger partial charge in [0.2, 0.25) is 0 Å². The number of piperidine rings is 1. The largest absolute Gasteiger partial charge is 0.481 e. The highest BCUT2D eigenvalue weighted by Crippen LogP contribution is 2.36. The zero-order valence-corrected chi connectivity index (χ0v) is 13.8. The monoisotopic (exact) mass is 305 g/mol. The predicted octanol–water partition coefficient (Wildman–Crippen LogP) is 2.74. The number of benzene rings is 1. The van der Waals surface area contributed by atoms with Crippen LogP contribution in [0.4, 0.5) is 0 Å². The Morgan fingerprint density at radius 1 is 1.36 bits per heavy atom. The molecule has 0 amide bonds. The normalized spacial score (nSPS) is 26.1. The second kappa shape index (κ2) is 6.80. The average Bonchev–Trinajstić information content (AvgIpc) is 2.46. The van der Waals surface area contributed by atoms with Crippen LogP contribution in [0.1, 0.15) is 42.9 Å². The Morgan fingerprint density at radius 3 is 2.55 bits per heavy atom. The van der Waals surface area contributed by atoms with E-state index in [9.17, 15) is 15.0 Å². The van der Waals surface area contributed by atoms with Crippen molar-refractivity contribution in [2.45, 2.75) is 52.7 Å². The first-order valence-corrected chi connectivity index (χ1v) is 8.09. The molecule has 0 spiro atoms. The van der Waals surface area contributed by atoms with Gasteiger partial charge in [-0.3, -0.25) is 9.69 Å². The Bertz CT molecular complexity index is 523. The number of rotatable bonds is 5. The molecule has 1 aromatic rings. The molecular weight excluding hydrogens is 278 g/mol. The maximum Gasteiger partial charge on any atom is 0.313 e. The van der Waals surface area contributed by atoms with Gasteiger partial charge < -0.3 is 10.2 Å². The van der Waals surface area contributed by atoms with Gasteiger partial charge in [-0.2, -0.15) is 0 Å². The lowest BCUT2D eigenvalue weighted by atomic mass is 9.74. The van der Waals surface area contributed by atoms with Crippen LogP contribution >= 0.6 is 0 Å². The van der Waals surface area contributed by atoms with Crippen LogP contribution in [0.3, 0.4) is 0 Å². The average molecular weight is 305 g/mol. The number of hydrogen-bond acceptors (Lipinski definition) is 3. The molecule has 0 aromatic heterocycles. The van der Waals surface area contributed by atoms with E-state index in [1.54, 1.807) is 0 Å². The van der Waals surface area contributed by atoms with Gasteiger partial charge in [0.25, 0.3) is 0 Å². The van der Waals surface area contributed by atoms with Crippen LogP contribution in [-0.2, 0) is 11.3 Å². The maximum absolute atomic E-state index is 11.8. The lowest BCUT2D eigenvalue weighted by molar-refractivity contribution is -0.164. The van der Waals surface area contributed by atoms with Gasteiger partial charge in [-0.15, -0.1) is 0 Å². The zero-order chi connectivity index (χ0) is 16.3. The summed E-state index contributed by atoms with van der Waals surface area (Å²) >= 11 is 0. The number of carboxylic acids is 1. The van der Waals surface area contributed by atoms with Crippen molar-refractivity contribution in [1.29, 1.82) is 0 Å². The van der Waals surface area contributed by atoms with E-state index in [-0.39, 0.29) is 0 Å². The maximum atomic E-state index is 11.8. The number of carboxylic acid groups (broad SMARTS) is 1. The summed E-state index contributed by atoms with van der Waals surface area (Å²) in [6.07, 6.45) is 1.06. The van der Waals surface area contributed by atoms with Gasteiger partial charge in [0.1, 0.15) is 5.41 Å². The third-order valence-corrected chi connectivity index (χ3v) is 5.01. The van der Waals surface area contributed by atoms with E-state index in [2.05, 4.69) is 30.9 Å². The highest BCUT2D eigenvalue weighted by atomic mass is 16.4. The van der Waals surface area contributed by atoms with E-state index < -0.39 is 17.5 Å². The first kappa shape index (κ1) is 17.0. The number of hydrogen-bond donors (Lipinski definition) is 2. The van der Waals surface area contributed by atoms with E-state index in [0.29, 0.717) is 19.4 Å². The Morgan fingerprint density at radius 2 is 2.00 bits per heavy atom. The van der Waals surface area contributed by atoms with E-state index >= 15 is 0 Å². The van der Waals surface area contributed by atoms with Crippen molar-refractivity contribution in [2.24, 2.45) is 5.41 Å². The molecule has 0 aliphatic carbocycles. The van der Waals surface area contributed by atoms with Crippen molar-refractivity contribution in [1.82, 2.24) is 4.90 Å². The third kappa shape index (κ3) is 3.18. The molecule has 2 rings (SSSR count). The summed E-state index contributed by atoms with van der Waals surface area (Å²) in [7, 11) is 0. The quantitative estimate of drug-likeness (QED) is 0.878. The highest BCUT2D eigenvalue weighted by molar-refractivity contribution is 5.76. The standard InChI is InChI=1S/C18H27NO3/c1-4-9-18(17(21)22)12-19(10-8-16(18)20)11-15-13(2)6-5-7-14(15)3/h5-7,16,20H,4,8-12H2,1-3H3,(H,21,22)/t16-,18+/m0/s1. The lowest BCUT2D eigenvalue weighted by Gasteiger charge is -2.43. The van der Waals surface area contributed by atoms with Gasteiger partial charge in [-0.25, -0.2) is 0 Å². The lowest BCUT2D eigenvalue weighted by Crippen LogP contribution is -2.55. The van der Waals surface area contributed by atoms with Crippen molar-refractivity contribution in [3.63, 3.8) is 0 Å². The van der Waals surface area contributed by atoms with Crippen LogP contribution in [0.5, 0.6) is 0 Å². The van der Waals surface area contributed by atoms with Gasteiger partial charge >= 0.3 is 5.97 Å². The number of carbonyl (C=O) groups is 1. The molecule has 0 saturated carbocycles. The van der Waals surface area contributed by atoms with Gasteiger partial charge in [-0.05, 0) is 43.4 Å². The Labute approximate surface area is 132 Å². The summed E-state index contributed by atoms with van der Waals surface area (Å²) in [4.78, 5) is 14.0. The molecule has 1 heterocycles. The molecule has 2 N–H and O–H groups in total. The van der Waals surface area contributed by atoms with E-state index in [1.807, 2.05) is 13.0 Å². The smallest absolute Gasteiger partial charge is 0.313 e. The van der Waals surface area contributed by atoms with Crippen LogP contribution in [0.15, 0.2) is 18.2 Å². The minimum Gasteiger partial charge on any atom is -0.481 e. The molecule has 0 unspecified atom stereocenters. The van der Waals surface area contributed by atoms with E-state index in [0.717, 1.165) is 19.5 Å². The summed E-state index contributed by atoms with van der Waals surface area (Å²) in [5, 5.41) is 20.0. The number of likely N-dealkylation sites (tertiary alicyclic amines) is 1. The van der Waals surface area contributed by atoms with Gasteiger partial charge in [0.15, 0.2) is 0 Å². The summed E-state index contributed by atoms with van der Waals surface area (Å²) in [6.45, 7) is 8.08. The number of aryl methyl sites for hydroxylation is 2. The minimum absolute atomic E-state index is 0.422. The Balaban J connectivity index is 2.22. The molecule has 0 bridgehead atoms. The minimum atomic E-state index is -1.02. The SMILES string of the molecule is CCC[C@@]1(C(=O)O)CN(Cc2c(C)cccc2C)CC[C@@H]1O. The van der Waals surface area contributed by atoms with Crippen LogP contribution in [0.2, 0.25) is 0 Å². The van der Waals surface area contributed by atoms with Crippen molar-refractivity contribution in [3.8, 4) is 0 Å². The molecule has 22 heavy (non-hydrogen) atoms. The molecule has 0 radical (unpaired) electrons. The summed E-state index contributed by atoms with van der Waals surface area (Å²) in [6, 6.07) is 6.24. The van der Waals surface area contributed by atoms with E-state index in [4.69, 9.17) is 0 Å². The fourth-order valence-electron chi connectivity index (χ4n) is 3.63. The fraction of sp³-hybridized carbons (Fsp3) is 0.611. The molecule has 1 fully saturated rings. The van der Waals surface area contributed by atoms with Crippen molar-refractivity contribution in [2.75, 3.05) is 13.1 Å². The molecule has 122 valence electrons. The summed E-state index contributed by atoms with van der Waals surface area (Å²) in [5.41, 5.74) is 2.73. The van der Waals surface area contributed by atoms with Crippen molar-refractivity contribution >= 4 is 5.97 Å². The second-order valence-electron chi connectivity index (χ2n) is 6.60. The highest BCUT2D eigenvalue weighted by Gasteiger charge is 2.48. The summed E-state index contributed by atoms with van der Waals surface area (Å²) < 4.78 is 0. The second-order valence-corrected chi connectivity index (χ2v) is 6.60. The topological polar surface area (TPSA) is 60.8 Å². The van der Waals surface area contributed by atoms with Gasteiger partial charge in [-0.1, -0.05) is 31.5 Å². The van der Waals surface area contributed by atoms with Crippen LogP contribution < -0.4 is 0 Å². The molecule has 1 aliphatic heterocycles. The first-order chi connectivity index (χ1) is 10.4. The number of aliphatic hydroxyl groups is 1. The molecule has 1 saturated heterocycles. The molecule has 1 aromatic carbocycles. The fourth-order valence-corrected chi connectivity index (χ4v) is 3.63. The number of nitrogens with zero attached hydrogens (tertiary/aromatic N) is 1. The number of aliphatic hydroxyl groups excluding tert-OH is 1. The third-order valence-electron chi connectivity index (χ3n) is 5.01. The van der Waals surface area contributed by atoms with Gasteiger partial charge in [0.05, 0.1) is 6.10 Å².